The predicted molar refractivity (Wildman–Crippen MR) is 71.5 cm³/mol. The minimum atomic E-state index is -0.845. The molecule has 108 valence electrons. The summed E-state index contributed by atoms with van der Waals surface area (Å²) in [6.45, 7) is 2.25. The van der Waals surface area contributed by atoms with Crippen molar-refractivity contribution >= 4 is 11.7 Å². The van der Waals surface area contributed by atoms with Gasteiger partial charge in [0.25, 0.3) is 5.69 Å². The second kappa shape index (κ2) is 5.58. The zero-order valence-corrected chi connectivity index (χ0v) is 11.2. The van der Waals surface area contributed by atoms with Crippen LogP contribution in [0.5, 0.6) is 0 Å². The molecule has 0 bridgehead atoms. The van der Waals surface area contributed by atoms with E-state index in [9.17, 15) is 20.0 Å². The summed E-state index contributed by atoms with van der Waals surface area (Å²) in [5.41, 5.74) is 0.0940. The third-order valence-corrected chi connectivity index (χ3v) is 4.13. The Balaban J connectivity index is 2.07. The number of nitrogens with zero attached hydrogens (tertiary/aromatic N) is 1. The Morgan fingerprint density at radius 3 is 2.60 bits per heavy atom. The molecule has 0 spiro atoms. The van der Waals surface area contributed by atoms with Crippen LogP contribution < -0.4 is 0 Å². The lowest BCUT2D eigenvalue weighted by atomic mass is 9.77. The summed E-state index contributed by atoms with van der Waals surface area (Å²) >= 11 is 0. The molecule has 20 heavy (non-hydrogen) atoms. The smallest absolute Gasteiger partial charge is 0.312 e. The Labute approximate surface area is 116 Å². The summed E-state index contributed by atoms with van der Waals surface area (Å²) in [5.74, 6) is -0.829. The molecule has 1 aliphatic rings. The molecule has 1 N–H and O–H groups in total. The molecular formula is C14H17NO5. The molecule has 2 atom stereocenters. The number of nitro groups is 1. The zero-order valence-electron chi connectivity index (χ0n) is 11.2. The van der Waals surface area contributed by atoms with Gasteiger partial charge in [0.15, 0.2) is 0 Å². The summed E-state index contributed by atoms with van der Waals surface area (Å²) in [6.07, 6.45) is 1.24. The Kier molecular flexibility index (Phi) is 4.04. The third-order valence-electron chi connectivity index (χ3n) is 4.13. The van der Waals surface area contributed by atoms with Crippen molar-refractivity contribution in [3.8, 4) is 0 Å². The van der Waals surface area contributed by atoms with Crippen molar-refractivity contribution in [3.05, 3.63) is 39.9 Å². The van der Waals surface area contributed by atoms with Gasteiger partial charge in [-0.25, -0.2) is 0 Å². The Morgan fingerprint density at radius 1 is 1.50 bits per heavy atom. The molecule has 2 rings (SSSR count). The minimum Gasteiger partial charge on any atom is -0.481 e. The zero-order chi connectivity index (χ0) is 14.8. The van der Waals surface area contributed by atoms with E-state index in [0.29, 0.717) is 25.9 Å². The second-order valence-electron chi connectivity index (χ2n) is 5.15. The number of carbonyl (C=O) groups is 1. The van der Waals surface area contributed by atoms with Crippen LogP contribution in [-0.4, -0.2) is 28.7 Å². The highest BCUT2D eigenvalue weighted by Crippen LogP contribution is 2.39. The largest absolute Gasteiger partial charge is 0.481 e. The number of aliphatic carboxylic acids is 1. The average molecular weight is 279 g/mol. The van der Waals surface area contributed by atoms with E-state index in [0.717, 1.165) is 5.56 Å². The van der Waals surface area contributed by atoms with E-state index < -0.39 is 16.3 Å². The number of carboxylic acids is 1. The molecule has 0 amide bonds. The lowest BCUT2D eigenvalue weighted by molar-refractivity contribution is -0.384. The van der Waals surface area contributed by atoms with Crippen LogP contribution in [0.25, 0.3) is 0 Å². The molecule has 0 aliphatic carbocycles. The SMILES string of the molecule is CC1OCCC1(CCc1ccc([N+](=O)[O-])cc1)C(=O)O. The first-order chi connectivity index (χ1) is 9.45. The molecule has 6 heteroatoms. The number of benzene rings is 1. The fourth-order valence-electron chi connectivity index (χ4n) is 2.65. The van der Waals surface area contributed by atoms with Gasteiger partial charge in [-0.2, -0.15) is 0 Å². The molecule has 1 aliphatic heterocycles. The van der Waals surface area contributed by atoms with Crippen LogP contribution in [0.15, 0.2) is 24.3 Å². The van der Waals surface area contributed by atoms with Gasteiger partial charge in [0.1, 0.15) is 0 Å². The van der Waals surface area contributed by atoms with E-state index in [2.05, 4.69) is 0 Å². The fraction of sp³-hybridized carbons (Fsp3) is 0.500. The molecule has 1 aromatic rings. The number of hydrogen-bond acceptors (Lipinski definition) is 4. The van der Waals surface area contributed by atoms with Crippen LogP contribution in [-0.2, 0) is 16.0 Å². The van der Waals surface area contributed by atoms with Gasteiger partial charge in [0, 0.05) is 18.7 Å². The number of ether oxygens (including phenoxy) is 1. The van der Waals surface area contributed by atoms with Gasteiger partial charge < -0.3 is 9.84 Å². The van der Waals surface area contributed by atoms with E-state index in [4.69, 9.17) is 4.74 Å². The maximum atomic E-state index is 11.5. The fourth-order valence-corrected chi connectivity index (χ4v) is 2.65. The van der Waals surface area contributed by atoms with Crippen molar-refractivity contribution in [3.63, 3.8) is 0 Å². The summed E-state index contributed by atoms with van der Waals surface area (Å²) < 4.78 is 5.40. The molecule has 0 radical (unpaired) electrons. The van der Waals surface area contributed by atoms with Crippen molar-refractivity contribution in [2.24, 2.45) is 5.41 Å². The van der Waals surface area contributed by atoms with Gasteiger partial charge in [-0.15, -0.1) is 0 Å². The normalized spacial score (nSPS) is 25.6. The number of hydrogen-bond donors (Lipinski definition) is 1. The molecule has 6 nitrogen and oxygen atoms in total. The number of nitro benzene ring substituents is 1. The standard InChI is InChI=1S/C14H17NO5/c1-10-14(13(16)17,8-9-20-10)7-6-11-2-4-12(5-3-11)15(18)19/h2-5,10H,6-9H2,1H3,(H,16,17). The molecule has 1 heterocycles. The second-order valence-corrected chi connectivity index (χ2v) is 5.15. The summed E-state index contributed by atoms with van der Waals surface area (Å²) in [4.78, 5) is 21.7. The predicted octanol–water partition coefficient (Wildman–Crippen LogP) is 2.41. The third kappa shape index (κ3) is 2.65. The van der Waals surface area contributed by atoms with E-state index in [-0.39, 0.29) is 11.8 Å². The van der Waals surface area contributed by atoms with E-state index in [1.807, 2.05) is 0 Å². The summed E-state index contributed by atoms with van der Waals surface area (Å²) in [5, 5.41) is 20.0. The average Bonchev–Trinajstić information content (AvgIpc) is 2.79. The molecule has 1 fully saturated rings. The van der Waals surface area contributed by atoms with Gasteiger partial charge >= 0.3 is 5.97 Å². The van der Waals surface area contributed by atoms with Gasteiger partial charge in [0.05, 0.1) is 16.4 Å². The van der Waals surface area contributed by atoms with Gasteiger partial charge in [-0.3, -0.25) is 14.9 Å². The maximum Gasteiger partial charge on any atom is 0.312 e. The molecule has 0 saturated carbocycles. The van der Waals surface area contributed by atoms with Crippen LogP contribution in [0.1, 0.15) is 25.3 Å². The van der Waals surface area contributed by atoms with Gasteiger partial charge in [0.2, 0.25) is 0 Å². The molecule has 0 aromatic heterocycles. The van der Waals surface area contributed by atoms with Crippen molar-refractivity contribution in [1.82, 2.24) is 0 Å². The quantitative estimate of drug-likeness (QED) is 0.660. The first-order valence-corrected chi connectivity index (χ1v) is 6.54. The minimum absolute atomic E-state index is 0.0410. The summed E-state index contributed by atoms with van der Waals surface area (Å²) in [7, 11) is 0. The highest BCUT2D eigenvalue weighted by molar-refractivity contribution is 5.75. The van der Waals surface area contributed by atoms with Crippen LogP contribution in [0.2, 0.25) is 0 Å². The summed E-state index contributed by atoms with van der Waals surface area (Å²) in [6, 6.07) is 6.23. The Morgan fingerprint density at radius 2 is 2.15 bits per heavy atom. The van der Waals surface area contributed by atoms with Gasteiger partial charge in [-0.05, 0) is 31.7 Å². The van der Waals surface area contributed by atoms with E-state index >= 15 is 0 Å². The van der Waals surface area contributed by atoms with Crippen molar-refractivity contribution in [1.29, 1.82) is 0 Å². The maximum absolute atomic E-state index is 11.5. The molecule has 1 saturated heterocycles. The number of rotatable bonds is 5. The highest BCUT2D eigenvalue weighted by Gasteiger charge is 2.47. The lowest BCUT2D eigenvalue weighted by Gasteiger charge is -2.27. The highest BCUT2D eigenvalue weighted by atomic mass is 16.6. The van der Waals surface area contributed by atoms with Crippen LogP contribution in [0, 0.1) is 15.5 Å². The van der Waals surface area contributed by atoms with Crippen molar-refractivity contribution < 1.29 is 19.6 Å². The molecule has 1 aromatic carbocycles. The topological polar surface area (TPSA) is 89.7 Å². The first-order valence-electron chi connectivity index (χ1n) is 6.54. The van der Waals surface area contributed by atoms with Crippen molar-refractivity contribution in [2.45, 2.75) is 32.3 Å². The van der Waals surface area contributed by atoms with Crippen LogP contribution in [0.4, 0.5) is 5.69 Å². The molecule has 2 unspecified atom stereocenters. The van der Waals surface area contributed by atoms with Crippen molar-refractivity contribution in [2.75, 3.05) is 6.61 Å². The first kappa shape index (κ1) is 14.5. The van der Waals surface area contributed by atoms with Gasteiger partial charge in [-0.1, -0.05) is 12.1 Å². The number of aryl methyl sites for hydroxylation is 1. The van der Waals surface area contributed by atoms with E-state index in [1.165, 1.54) is 12.1 Å². The molecular weight excluding hydrogens is 262 g/mol. The monoisotopic (exact) mass is 279 g/mol. The number of non-ortho nitro benzene ring substituents is 1. The van der Waals surface area contributed by atoms with E-state index in [1.54, 1.807) is 19.1 Å². The number of carboxylic acid groups (broad SMARTS) is 1. The Bertz CT molecular complexity index is 513. The lowest BCUT2D eigenvalue weighted by Crippen LogP contribution is -2.37. The van der Waals surface area contributed by atoms with Crippen LogP contribution >= 0.6 is 0 Å². The van der Waals surface area contributed by atoms with Crippen LogP contribution in [0.3, 0.4) is 0 Å². The Hall–Kier alpha value is -1.95.